The molecule has 0 radical (unpaired) electrons. The van der Waals surface area contributed by atoms with Gasteiger partial charge in [0.15, 0.2) is 5.70 Å². The molecule has 0 spiro atoms. The van der Waals surface area contributed by atoms with E-state index in [1.165, 1.54) is 44.9 Å². The van der Waals surface area contributed by atoms with Crippen LogP contribution in [0.5, 0.6) is 11.5 Å². The lowest BCUT2D eigenvalue weighted by molar-refractivity contribution is -0.129. The molecule has 0 atom stereocenters. The minimum atomic E-state index is -0.466. The Morgan fingerprint density at radius 2 is 1.67 bits per heavy atom. The number of nitrogens with zero attached hydrogens (tertiary/aromatic N) is 1. The number of aliphatic imine (C=N–C) groups is 1. The average molecular weight is 514 g/mol. The summed E-state index contributed by atoms with van der Waals surface area (Å²) >= 11 is 3.45. The van der Waals surface area contributed by atoms with Crippen molar-refractivity contribution in [2.45, 2.75) is 58.3 Å². The lowest BCUT2D eigenvalue weighted by Gasteiger charge is -2.07. The summed E-state index contributed by atoms with van der Waals surface area (Å²) in [5.41, 5.74) is 1.82. The number of hydrogen-bond acceptors (Lipinski definition) is 5. The minimum absolute atomic E-state index is 0.261. The molecular formula is C27H32BrNO4. The molecule has 1 aliphatic rings. The van der Waals surface area contributed by atoms with Crippen LogP contribution >= 0.6 is 15.9 Å². The van der Waals surface area contributed by atoms with Crippen LogP contribution in [0.4, 0.5) is 0 Å². The van der Waals surface area contributed by atoms with E-state index in [4.69, 9.17) is 14.2 Å². The topological polar surface area (TPSA) is 57.1 Å². The number of esters is 1. The molecule has 0 saturated heterocycles. The number of carbonyl (C=O) groups excluding carboxylic acids is 1. The van der Waals surface area contributed by atoms with E-state index in [9.17, 15) is 4.79 Å². The van der Waals surface area contributed by atoms with Crippen molar-refractivity contribution in [3.63, 3.8) is 0 Å². The molecule has 1 aliphatic heterocycles. The van der Waals surface area contributed by atoms with Gasteiger partial charge in [-0.2, -0.15) is 0 Å². The second-order valence-electron chi connectivity index (χ2n) is 8.08. The second-order valence-corrected chi connectivity index (χ2v) is 8.93. The Hall–Kier alpha value is -2.60. The maximum absolute atomic E-state index is 12.3. The number of methoxy groups -OCH3 is 1. The number of cyclic esters (lactones) is 1. The number of ether oxygens (including phenoxy) is 3. The van der Waals surface area contributed by atoms with Crippen molar-refractivity contribution in [3.05, 3.63) is 63.8 Å². The second kappa shape index (κ2) is 13.2. The molecule has 0 fully saturated rings. The lowest BCUT2D eigenvalue weighted by Crippen LogP contribution is -2.05. The van der Waals surface area contributed by atoms with Gasteiger partial charge < -0.3 is 14.2 Å². The zero-order valence-corrected chi connectivity index (χ0v) is 21.0. The van der Waals surface area contributed by atoms with Gasteiger partial charge in [-0.1, -0.05) is 57.9 Å². The quantitative estimate of drug-likeness (QED) is 0.160. The Morgan fingerprint density at radius 3 is 2.33 bits per heavy atom. The van der Waals surface area contributed by atoms with Crippen LogP contribution in [-0.4, -0.2) is 25.6 Å². The van der Waals surface area contributed by atoms with Gasteiger partial charge in [-0.15, -0.1) is 0 Å². The van der Waals surface area contributed by atoms with Crippen LogP contribution in [0.25, 0.3) is 6.08 Å². The maximum atomic E-state index is 12.3. The first-order valence-corrected chi connectivity index (χ1v) is 12.5. The van der Waals surface area contributed by atoms with Crippen molar-refractivity contribution >= 4 is 33.9 Å². The highest BCUT2D eigenvalue weighted by atomic mass is 79.9. The highest BCUT2D eigenvalue weighted by Crippen LogP contribution is 2.28. The summed E-state index contributed by atoms with van der Waals surface area (Å²) in [6.07, 6.45) is 11.9. The van der Waals surface area contributed by atoms with E-state index in [0.717, 1.165) is 33.5 Å². The number of carbonyl (C=O) groups is 1. The maximum Gasteiger partial charge on any atom is 0.363 e. The van der Waals surface area contributed by atoms with Gasteiger partial charge in [0.05, 0.1) is 18.2 Å². The molecule has 0 bridgehead atoms. The van der Waals surface area contributed by atoms with Gasteiger partial charge in [-0.05, 0) is 70.4 Å². The Labute approximate surface area is 205 Å². The Morgan fingerprint density at radius 1 is 0.970 bits per heavy atom. The van der Waals surface area contributed by atoms with Crippen LogP contribution in [0.3, 0.4) is 0 Å². The minimum Gasteiger partial charge on any atom is -0.496 e. The summed E-state index contributed by atoms with van der Waals surface area (Å²) < 4.78 is 17.3. The van der Waals surface area contributed by atoms with Crippen LogP contribution in [0.2, 0.25) is 0 Å². The first-order valence-electron chi connectivity index (χ1n) is 11.7. The number of benzene rings is 2. The largest absolute Gasteiger partial charge is 0.496 e. The smallest absolute Gasteiger partial charge is 0.363 e. The summed E-state index contributed by atoms with van der Waals surface area (Å²) in [7, 11) is 1.61. The van der Waals surface area contributed by atoms with Gasteiger partial charge in [-0.25, -0.2) is 9.79 Å². The van der Waals surface area contributed by atoms with E-state index >= 15 is 0 Å². The van der Waals surface area contributed by atoms with Gasteiger partial charge in [0.1, 0.15) is 11.5 Å². The summed E-state index contributed by atoms with van der Waals surface area (Å²) in [6.45, 7) is 2.96. The zero-order valence-electron chi connectivity index (χ0n) is 19.4. The lowest BCUT2D eigenvalue weighted by atomic mass is 10.1. The molecule has 6 heteroatoms. The highest BCUT2D eigenvalue weighted by molar-refractivity contribution is 9.10. The van der Waals surface area contributed by atoms with E-state index in [2.05, 4.69) is 27.8 Å². The van der Waals surface area contributed by atoms with Crippen molar-refractivity contribution in [2.75, 3.05) is 13.7 Å². The van der Waals surface area contributed by atoms with Crippen LogP contribution in [-0.2, 0) is 9.53 Å². The molecule has 2 aromatic carbocycles. The van der Waals surface area contributed by atoms with E-state index in [1.54, 1.807) is 13.2 Å². The molecule has 0 unspecified atom stereocenters. The molecule has 0 amide bonds. The van der Waals surface area contributed by atoms with Crippen LogP contribution in [0, 0.1) is 0 Å². The number of rotatable bonds is 13. The van der Waals surface area contributed by atoms with E-state index < -0.39 is 5.97 Å². The summed E-state index contributed by atoms with van der Waals surface area (Å²) in [6, 6.07) is 13.1. The predicted octanol–water partition coefficient (Wildman–Crippen LogP) is 7.32. The van der Waals surface area contributed by atoms with E-state index in [1.807, 2.05) is 42.5 Å². The molecular weight excluding hydrogens is 482 g/mol. The Kier molecular flexibility index (Phi) is 10.0. The van der Waals surface area contributed by atoms with Crippen LogP contribution < -0.4 is 9.47 Å². The molecule has 0 aliphatic carbocycles. The van der Waals surface area contributed by atoms with Crippen LogP contribution in [0.15, 0.2) is 57.6 Å². The summed E-state index contributed by atoms with van der Waals surface area (Å²) in [5.74, 6) is 1.37. The van der Waals surface area contributed by atoms with Crippen molar-refractivity contribution < 1.29 is 19.0 Å². The van der Waals surface area contributed by atoms with E-state index in [-0.39, 0.29) is 5.70 Å². The fourth-order valence-electron chi connectivity index (χ4n) is 3.58. The molecule has 1 heterocycles. The summed E-state index contributed by atoms with van der Waals surface area (Å²) in [5, 5.41) is 0. The fraction of sp³-hybridized carbons (Fsp3) is 0.407. The first kappa shape index (κ1) is 25.0. The monoisotopic (exact) mass is 513 g/mol. The predicted molar refractivity (Wildman–Crippen MR) is 136 cm³/mol. The molecule has 2 aromatic rings. The molecule has 0 saturated carbocycles. The molecule has 176 valence electrons. The van der Waals surface area contributed by atoms with E-state index in [0.29, 0.717) is 12.5 Å². The fourth-order valence-corrected chi connectivity index (χ4v) is 4.14. The summed E-state index contributed by atoms with van der Waals surface area (Å²) in [4.78, 5) is 16.6. The average Bonchev–Trinajstić information content (AvgIpc) is 3.18. The standard InChI is InChI=1S/C27H32BrNO4/c1-3-4-5-6-7-8-9-10-17-32-22-14-12-21(13-15-22)26-29-24(27(30)33-26)19-20-11-16-25(31-2)23(28)18-20/h11-16,18-19H,3-10,17H2,1-2H3/b24-19-. The Balaban J connectivity index is 1.49. The van der Waals surface area contributed by atoms with Crippen molar-refractivity contribution in [1.82, 2.24) is 0 Å². The molecule has 0 aromatic heterocycles. The third kappa shape index (κ3) is 7.74. The SMILES string of the molecule is CCCCCCCCCCOc1ccc(C2=N/C(=C\c3ccc(OC)c(Br)c3)C(=O)O2)cc1. The van der Waals surface area contributed by atoms with Gasteiger partial charge >= 0.3 is 5.97 Å². The molecule has 33 heavy (non-hydrogen) atoms. The molecule has 3 rings (SSSR count). The molecule has 0 N–H and O–H groups in total. The van der Waals surface area contributed by atoms with Crippen molar-refractivity contribution in [3.8, 4) is 11.5 Å². The van der Waals surface area contributed by atoms with Gasteiger partial charge in [-0.3, -0.25) is 0 Å². The third-order valence-corrected chi connectivity index (χ3v) is 6.09. The van der Waals surface area contributed by atoms with Gasteiger partial charge in [0.25, 0.3) is 0 Å². The van der Waals surface area contributed by atoms with Crippen LogP contribution in [0.1, 0.15) is 69.4 Å². The van der Waals surface area contributed by atoms with Crippen molar-refractivity contribution in [1.29, 1.82) is 0 Å². The highest BCUT2D eigenvalue weighted by Gasteiger charge is 2.24. The van der Waals surface area contributed by atoms with Gasteiger partial charge in [0, 0.05) is 5.56 Å². The zero-order chi connectivity index (χ0) is 23.5. The first-order chi connectivity index (χ1) is 16.1. The number of halogens is 1. The number of unbranched alkanes of at least 4 members (excludes halogenated alkanes) is 7. The normalized spacial score (nSPS) is 14.3. The number of hydrogen-bond donors (Lipinski definition) is 0. The van der Waals surface area contributed by atoms with Gasteiger partial charge in [0.2, 0.25) is 5.90 Å². The Bertz CT molecular complexity index is 982. The van der Waals surface area contributed by atoms with Crippen molar-refractivity contribution in [2.24, 2.45) is 4.99 Å². The molecule has 5 nitrogen and oxygen atoms in total. The third-order valence-electron chi connectivity index (χ3n) is 5.47.